The summed E-state index contributed by atoms with van der Waals surface area (Å²) in [6.07, 6.45) is 0. The maximum Gasteiger partial charge on any atom is 0.274 e. The minimum atomic E-state index is -0.437. The van der Waals surface area contributed by atoms with Crippen molar-refractivity contribution in [2.45, 2.75) is 19.6 Å². The second kappa shape index (κ2) is 14.6. The van der Waals surface area contributed by atoms with Gasteiger partial charge in [-0.15, -0.1) is 0 Å². The van der Waals surface area contributed by atoms with Crippen LogP contribution in [-0.2, 0) is 0 Å². The highest BCUT2D eigenvalue weighted by Crippen LogP contribution is 2.41. The summed E-state index contributed by atoms with van der Waals surface area (Å²) in [5, 5.41) is 2.69. The van der Waals surface area contributed by atoms with Gasteiger partial charge in [0.2, 0.25) is 0 Å². The van der Waals surface area contributed by atoms with Crippen molar-refractivity contribution in [3.05, 3.63) is 149 Å². The first-order valence-corrected chi connectivity index (χ1v) is 16.9. The SMILES string of the molecule is O=c1[nH]c(=C(Sc2ccc(Cl)cc2)Sc2ccc(Cl)cc2)c(=O)[nH]c1=C(Sc1ccc(Cl)cc1)Sc1ccc(Cl)cc1. The molecule has 42 heavy (non-hydrogen) atoms. The minimum absolute atomic E-state index is 0.149. The van der Waals surface area contributed by atoms with Gasteiger partial charge in [-0.3, -0.25) is 9.59 Å². The van der Waals surface area contributed by atoms with Crippen LogP contribution >= 0.6 is 93.5 Å². The molecular weight excluding hydrogens is 690 g/mol. The predicted molar refractivity (Wildman–Crippen MR) is 183 cm³/mol. The van der Waals surface area contributed by atoms with Gasteiger partial charge in [0.1, 0.15) is 10.7 Å². The number of hydrogen-bond donors (Lipinski definition) is 2. The smallest absolute Gasteiger partial charge is 0.274 e. The van der Waals surface area contributed by atoms with E-state index in [1.165, 1.54) is 47.0 Å². The Kier molecular flexibility index (Phi) is 10.8. The third kappa shape index (κ3) is 8.49. The second-order valence-electron chi connectivity index (χ2n) is 8.46. The lowest BCUT2D eigenvalue weighted by molar-refractivity contribution is 1.00. The third-order valence-electron chi connectivity index (χ3n) is 5.44. The van der Waals surface area contributed by atoms with Gasteiger partial charge in [0.25, 0.3) is 11.1 Å². The molecule has 1 heterocycles. The number of hydrogen-bond acceptors (Lipinski definition) is 6. The van der Waals surface area contributed by atoms with Crippen molar-refractivity contribution in [3.8, 4) is 0 Å². The average molecular weight is 709 g/mol. The molecule has 5 aromatic rings. The normalized spacial score (nSPS) is 11.0. The van der Waals surface area contributed by atoms with Crippen LogP contribution in [0, 0.1) is 0 Å². The molecule has 12 heteroatoms. The highest BCUT2D eigenvalue weighted by molar-refractivity contribution is 8.30. The number of H-pyrrole nitrogens is 2. The maximum atomic E-state index is 13.6. The first kappa shape index (κ1) is 31.3. The minimum Gasteiger partial charge on any atom is -0.315 e. The summed E-state index contributed by atoms with van der Waals surface area (Å²) in [4.78, 5) is 36.4. The standard InChI is InChI=1S/C30H18Cl4N2O2S4/c31-17-1-9-21(10-2-17)39-29(40-22-11-3-18(32)4-12-22)25-27(37)36-26(28(38)35-25)30(41-23-13-5-19(33)6-14-23)42-24-15-7-20(34)8-16-24/h1-16H,(H,35,38)(H,36,37). The Bertz CT molecular complexity index is 1700. The molecule has 0 aliphatic heterocycles. The molecule has 0 radical (unpaired) electrons. The highest BCUT2D eigenvalue weighted by Gasteiger charge is 2.13. The van der Waals surface area contributed by atoms with Gasteiger partial charge in [-0.1, -0.05) is 93.5 Å². The first-order valence-electron chi connectivity index (χ1n) is 12.1. The molecule has 5 rings (SSSR count). The van der Waals surface area contributed by atoms with Crippen LogP contribution in [0.15, 0.2) is 126 Å². The largest absolute Gasteiger partial charge is 0.315 e. The summed E-state index contributed by atoms with van der Waals surface area (Å²) in [5.74, 6) is 0. The highest BCUT2D eigenvalue weighted by atomic mass is 35.5. The Balaban J connectivity index is 1.66. The van der Waals surface area contributed by atoms with Gasteiger partial charge in [0, 0.05) is 39.7 Å². The molecule has 4 aromatic carbocycles. The molecule has 1 aromatic heterocycles. The molecule has 0 bridgehead atoms. The van der Waals surface area contributed by atoms with Crippen LogP contribution in [0.4, 0.5) is 0 Å². The van der Waals surface area contributed by atoms with Crippen molar-refractivity contribution in [2.24, 2.45) is 0 Å². The van der Waals surface area contributed by atoms with Gasteiger partial charge in [0.05, 0.1) is 8.47 Å². The van der Waals surface area contributed by atoms with Crippen LogP contribution in [0.1, 0.15) is 0 Å². The zero-order valence-electron chi connectivity index (χ0n) is 21.2. The molecule has 0 fully saturated rings. The van der Waals surface area contributed by atoms with Crippen molar-refractivity contribution in [1.29, 1.82) is 0 Å². The number of nitrogens with one attached hydrogen (secondary N) is 2. The van der Waals surface area contributed by atoms with E-state index in [0.717, 1.165) is 19.6 Å². The second-order valence-corrected chi connectivity index (χ2v) is 15.1. The molecule has 0 aliphatic rings. The van der Waals surface area contributed by atoms with Crippen LogP contribution in [0.25, 0.3) is 8.47 Å². The zero-order chi connectivity index (χ0) is 29.6. The molecule has 2 N–H and O–H groups in total. The summed E-state index contributed by atoms with van der Waals surface area (Å²) in [6, 6.07) is 29.0. The van der Waals surface area contributed by atoms with Crippen molar-refractivity contribution in [2.75, 3.05) is 0 Å². The van der Waals surface area contributed by atoms with E-state index in [1.54, 1.807) is 48.5 Å². The number of rotatable bonds is 8. The fraction of sp³-hybridized carbons (Fsp3) is 0. The van der Waals surface area contributed by atoms with Crippen LogP contribution in [0.3, 0.4) is 0 Å². The first-order chi connectivity index (χ1) is 20.2. The number of benzene rings is 4. The van der Waals surface area contributed by atoms with E-state index in [0.29, 0.717) is 28.6 Å². The maximum absolute atomic E-state index is 13.6. The topological polar surface area (TPSA) is 65.7 Å². The molecule has 0 saturated heterocycles. The zero-order valence-corrected chi connectivity index (χ0v) is 27.5. The predicted octanol–water partition coefficient (Wildman–Crippen LogP) is 8.98. The Morgan fingerprint density at radius 1 is 0.405 bits per heavy atom. The molecule has 0 amide bonds. The lowest BCUT2D eigenvalue weighted by Crippen LogP contribution is -2.47. The Hall–Kier alpha value is -2.14. The van der Waals surface area contributed by atoms with E-state index in [1.807, 2.05) is 48.5 Å². The van der Waals surface area contributed by atoms with Gasteiger partial charge in [0.15, 0.2) is 0 Å². The Morgan fingerprint density at radius 3 is 0.833 bits per heavy atom. The van der Waals surface area contributed by atoms with Gasteiger partial charge < -0.3 is 9.97 Å². The molecule has 0 saturated carbocycles. The van der Waals surface area contributed by atoms with Gasteiger partial charge >= 0.3 is 0 Å². The molecular formula is C30H18Cl4N2O2S4. The quantitative estimate of drug-likeness (QED) is 0.157. The van der Waals surface area contributed by atoms with Gasteiger partial charge in [-0.2, -0.15) is 0 Å². The molecule has 212 valence electrons. The summed E-state index contributed by atoms with van der Waals surface area (Å²) < 4.78 is 1.17. The lowest BCUT2D eigenvalue weighted by Gasteiger charge is -2.09. The van der Waals surface area contributed by atoms with Crippen molar-refractivity contribution in [1.82, 2.24) is 9.97 Å². The van der Waals surface area contributed by atoms with Crippen molar-refractivity contribution >= 4 is 102 Å². The number of aromatic nitrogens is 2. The van der Waals surface area contributed by atoms with Crippen molar-refractivity contribution < 1.29 is 0 Å². The fourth-order valence-corrected chi connectivity index (χ4v) is 8.36. The van der Waals surface area contributed by atoms with Gasteiger partial charge in [-0.05, 0) is 97.1 Å². The summed E-state index contributed by atoms with van der Waals surface area (Å²) >= 11 is 29.7. The van der Waals surface area contributed by atoms with Crippen molar-refractivity contribution in [3.63, 3.8) is 0 Å². The van der Waals surface area contributed by atoms with E-state index in [2.05, 4.69) is 9.97 Å². The summed E-state index contributed by atoms with van der Waals surface area (Å²) in [5.41, 5.74) is -0.873. The Morgan fingerprint density at radius 2 is 0.619 bits per heavy atom. The van der Waals surface area contributed by atoms with E-state index in [9.17, 15) is 9.59 Å². The number of halogens is 4. The van der Waals surface area contributed by atoms with Crippen LogP contribution in [0.2, 0.25) is 20.1 Å². The Labute approximate surface area is 277 Å². The fourth-order valence-electron chi connectivity index (χ4n) is 3.44. The molecule has 4 nitrogen and oxygen atoms in total. The monoisotopic (exact) mass is 706 g/mol. The van der Waals surface area contributed by atoms with Crippen LogP contribution in [0.5, 0.6) is 0 Å². The van der Waals surface area contributed by atoms with E-state index >= 15 is 0 Å². The lowest BCUT2D eigenvalue weighted by atomic mass is 10.4. The van der Waals surface area contributed by atoms with E-state index < -0.39 is 11.1 Å². The third-order valence-corrected chi connectivity index (χ3v) is 11.0. The molecule has 0 unspecified atom stereocenters. The molecule has 0 atom stereocenters. The van der Waals surface area contributed by atoms with Crippen LogP contribution in [-0.4, -0.2) is 9.97 Å². The number of thioether (sulfide) groups is 4. The van der Waals surface area contributed by atoms with E-state index in [-0.39, 0.29) is 10.7 Å². The summed E-state index contributed by atoms with van der Waals surface area (Å²) in [7, 11) is 0. The van der Waals surface area contributed by atoms with Crippen LogP contribution < -0.4 is 21.8 Å². The average Bonchev–Trinajstić information content (AvgIpc) is 2.98. The molecule has 0 aliphatic carbocycles. The van der Waals surface area contributed by atoms with Gasteiger partial charge in [-0.25, -0.2) is 0 Å². The molecule has 0 spiro atoms. The number of aromatic amines is 2. The summed E-state index contributed by atoms with van der Waals surface area (Å²) in [6.45, 7) is 0. The van der Waals surface area contributed by atoms with E-state index in [4.69, 9.17) is 46.4 Å².